The fraction of sp³-hybridized carbons (Fsp3) is 0.568. The molecule has 2 aromatic carbocycles. The van der Waals surface area contributed by atoms with Gasteiger partial charge in [0.05, 0.1) is 30.7 Å². The van der Waals surface area contributed by atoms with E-state index < -0.39 is 0 Å². The third kappa shape index (κ3) is 7.09. The highest BCUT2D eigenvalue weighted by atomic mass is 16.2. The zero-order valence-corrected chi connectivity index (χ0v) is 27.7. The third-order valence-corrected chi connectivity index (χ3v) is 11.5. The number of urea groups is 1. The second-order valence-corrected chi connectivity index (χ2v) is 14.4. The highest BCUT2D eigenvalue weighted by Gasteiger charge is 2.38. The van der Waals surface area contributed by atoms with E-state index in [-0.39, 0.29) is 36.2 Å². The van der Waals surface area contributed by atoms with Crippen molar-refractivity contribution in [3.63, 3.8) is 0 Å². The average molecular weight is 641 g/mol. The number of nitrogens with one attached hydrogen (secondary N) is 4. The topological polar surface area (TPSA) is 115 Å². The van der Waals surface area contributed by atoms with Gasteiger partial charge in [0.2, 0.25) is 5.91 Å². The van der Waals surface area contributed by atoms with Gasteiger partial charge in [-0.15, -0.1) is 0 Å². The lowest BCUT2D eigenvalue weighted by Crippen LogP contribution is -3.16. The maximum absolute atomic E-state index is 14.2. The molecule has 4 aliphatic heterocycles. The highest BCUT2D eigenvalue weighted by molar-refractivity contribution is 5.91. The van der Waals surface area contributed by atoms with E-state index in [1.807, 2.05) is 34.2 Å². The Bertz CT molecular complexity index is 1580. The summed E-state index contributed by atoms with van der Waals surface area (Å²) < 4.78 is 0. The number of hydrogen-bond donors (Lipinski definition) is 4. The Labute approximate surface area is 277 Å². The van der Waals surface area contributed by atoms with E-state index in [0.717, 1.165) is 102 Å². The van der Waals surface area contributed by atoms with Gasteiger partial charge >= 0.3 is 11.9 Å². The standard InChI is InChI=1S/C37H49N7O3/c1-25-20-26(22-31-24-39-41-35(25)31)21-30(36(46)43-15-8-28(9-16-43)27-6-13-38-14-7-27)23-34(45)42-17-11-32(12-18-42)44-19-10-29-4-2-3-5-33(29)40-37(44)47/h2-5,20,22,24,27-28,30,32,38H,6-19,21,23H2,1H3,(H,39,41)(H,40,47)/p+1. The maximum Gasteiger partial charge on any atom is 0.322 e. The minimum atomic E-state index is -0.371. The summed E-state index contributed by atoms with van der Waals surface area (Å²) in [4.78, 5) is 46.2. The van der Waals surface area contributed by atoms with Gasteiger partial charge in [0.15, 0.2) is 0 Å². The molecule has 10 heteroatoms. The van der Waals surface area contributed by atoms with E-state index in [4.69, 9.17) is 0 Å². The Morgan fingerprint density at radius 1 is 0.979 bits per heavy atom. The maximum atomic E-state index is 14.2. The molecule has 4 amide bonds. The molecule has 5 heterocycles. The predicted molar refractivity (Wildman–Crippen MR) is 182 cm³/mol. The number of benzene rings is 2. The first-order chi connectivity index (χ1) is 22.9. The fourth-order valence-corrected chi connectivity index (χ4v) is 8.79. The Hall–Kier alpha value is -3.76. The van der Waals surface area contributed by atoms with E-state index in [2.05, 4.69) is 46.0 Å². The molecule has 250 valence electrons. The summed E-state index contributed by atoms with van der Waals surface area (Å²) in [7, 11) is 0. The Morgan fingerprint density at radius 3 is 2.51 bits per heavy atom. The number of aromatic nitrogens is 2. The first kappa shape index (κ1) is 31.8. The first-order valence-electron chi connectivity index (χ1n) is 17.9. The summed E-state index contributed by atoms with van der Waals surface area (Å²) in [5.41, 5.74) is 5.25. The molecule has 3 aromatic rings. The van der Waals surface area contributed by atoms with Crippen molar-refractivity contribution in [2.75, 3.05) is 51.1 Å². The van der Waals surface area contributed by atoms with Crippen LogP contribution in [-0.4, -0.2) is 89.7 Å². The van der Waals surface area contributed by atoms with Crippen LogP contribution < -0.4 is 15.5 Å². The van der Waals surface area contributed by atoms with Crippen LogP contribution in [0.3, 0.4) is 0 Å². The smallest absolute Gasteiger partial charge is 0.322 e. The van der Waals surface area contributed by atoms with Crippen LogP contribution in [0.15, 0.2) is 42.6 Å². The number of likely N-dealkylation sites (tertiary alicyclic amines) is 2. The number of piperidine rings is 3. The second-order valence-electron chi connectivity index (χ2n) is 14.4. The van der Waals surface area contributed by atoms with Crippen molar-refractivity contribution in [3.05, 3.63) is 59.3 Å². The molecule has 1 unspecified atom stereocenters. The summed E-state index contributed by atoms with van der Waals surface area (Å²) >= 11 is 0. The van der Waals surface area contributed by atoms with Crippen LogP contribution in [0.4, 0.5) is 10.5 Å². The number of nitrogens with zero attached hydrogens (tertiary/aromatic N) is 3. The molecular weight excluding hydrogens is 590 g/mol. The predicted octanol–water partition coefficient (Wildman–Crippen LogP) is 3.32. The molecule has 47 heavy (non-hydrogen) atoms. The quantitative estimate of drug-likeness (QED) is 0.317. The largest absolute Gasteiger partial charge is 0.343 e. The molecule has 0 aliphatic carbocycles. The number of para-hydroxylation sites is 1. The molecule has 0 bridgehead atoms. The van der Waals surface area contributed by atoms with Crippen LogP contribution in [0.5, 0.6) is 0 Å². The number of carbonyl (C=O) groups is 3. The number of rotatable bonds is 7. The van der Waals surface area contributed by atoms with Gasteiger partial charge in [0.1, 0.15) is 0 Å². The Kier molecular flexibility index (Phi) is 9.58. The van der Waals surface area contributed by atoms with Gasteiger partial charge < -0.3 is 20.4 Å². The van der Waals surface area contributed by atoms with Crippen LogP contribution in [0.25, 0.3) is 10.9 Å². The van der Waals surface area contributed by atoms with Crippen molar-refractivity contribution >= 4 is 34.4 Å². The average Bonchev–Trinajstić information content (AvgIpc) is 3.52. The second kappa shape index (κ2) is 14.2. The van der Waals surface area contributed by atoms with Crippen LogP contribution in [0, 0.1) is 24.7 Å². The molecule has 0 spiro atoms. The van der Waals surface area contributed by atoms with E-state index >= 15 is 0 Å². The molecule has 4 N–H and O–H groups in total. The molecule has 7 rings (SSSR count). The number of aryl methyl sites for hydroxylation is 1. The molecule has 1 atom stereocenters. The number of H-pyrrole nitrogens is 1. The lowest BCUT2D eigenvalue weighted by molar-refractivity contribution is -0.830. The Morgan fingerprint density at radius 2 is 1.72 bits per heavy atom. The molecule has 10 nitrogen and oxygen atoms in total. The van der Waals surface area contributed by atoms with Crippen LogP contribution >= 0.6 is 0 Å². The lowest BCUT2D eigenvalue weighted by Gasteiger charge is -2.38. The molecule has 1 aromatic heterocycles. The molecule has 4 aliphatic rings. The molecule has 3 fully saturated rings. The van der Waals surface area contributed by atoms with Crippen LogP contribution in [0.2, 0.25) is 0 Å². The summed E-state index contributed by atoms with van der Waals surface area (Å²) in [6.07, 6.45) is 9.61. The zero-order chi connectivity index (χ0) is 32.3. The molecule has 0 saturated carbocycles. The van der Waals surface area contributed by atoms with Crippen molar-refractivity contribution in [1.82, 2.24) is 25.3 Å². The number of fused-ring (bicyclic) bond motifs is 2. The van der Waals surface area contributed by atoms with Gasteiger partial charge in [0, 0.05) is 56.0 Å². The summed E-state index contributed by atoms with van der Waals surface area (Å²) in [6, 6.07) is 12.3. The lowest BCUT2D eigenvalue weighted by atomic mass is 9.79. The molecule has 3 saturated heterocycles. The van der Waals surface area contributed by atoms with Crippen molar-refractivity contribution in [3.8, 4) is 0 Å². The van der Waals surface area contributed by atoms with Crippen molar-refractivity contribution in [1.29, 1.82) is 0 Å². The number of aromatic amines is 1. The minimum Gasteiger partial charge on any atom is -0.343 e. The van der Waals surface area contributed by atoms with Gasteiger partial charge in [-0.1, -0.05) is 24.3 Å². The first-order valence-corrected chi connectivity index (χ1v) is 17.9. The third-order valence-electron chi connectivity index (χ3n) is 11.5. The summed E-state index contributed by atoms with van der Waals surface area (Å²) in [5.74, 6) is 1.36. The highest BCUT2D eigenvalue weighted by Crippen LogP contribution is 2.29. The number of amides is 4. The SMILES string of the molecule is Cc1cc(CC(CC(=O)N2CCC(N3CCc4ccccc4NC3=O)CC2)C(=O)[NH+]2CCC(C3CCNCC3)CC2)cc2cn[nH]c12. The van der Waals surface area contributed by atoms with Gasteiger partial charge in [-0.3, -0.25) is 14.8 Å². The minimum absolute atomic E-state index is 0.0535. The molecular formula is C37H50N7O3+. The van der Waals surface area contributed by atoms with Crippen LogP contribution in [0.1, 0.15) is 61.6 Å². The number of hydrogen-bond acceptors (Lipinski definition) is 5. The van der Waals surface area contributed by atoms with Gasteiger partial charge in [-0.05, 0) is 99.2 Å². The van der Waals surface area contributed by atoms with Crippen molar-refractivity contribution in [2.45, 2.75) is 70.8 Å². The van der Waals surface area contributed by atoms with E-state index in [1.54, 1.807) is 0 Å². The zero-order valence-electron chi connectivity index (χ0n) is 27.7. The van der Waals surface area contributed by atoms with Gasteiger partial charge in [-0.2, -0.15) is 5.10 Å². The van der Waals surface area contributed by atoms with Crippen molar-refractivity contribution in [2.24, 2.45) is 17.8 Å². The fourth-order valence-electron chi connectivity index (χ4n) is 8.79. The van der Waals surface area contributed by atoms with Crippen molar-refractivity contribution < 1.29 is 19.3 Å². The summed E-state index contributed by atoms with van der Waals surface area (Å²) in [5, 5.41) is 14.9. The van der Waals surface area contributed by atoms with E-state index in [9.17, 15) is 14.4 Å². The Balaban J connectivity index is 1.00. The number of anilines is 1. The number of carbonyl (C=O) groups excluding carboxylic acids is 3. The van der Waals surface area contributed by atoms with Gasteiger partial charge in [0.25, 0.3) is 0 Å². The van der Waals surface area contributed by atoms with E-state index in [1.165, 1.54) is 12.8 Å². The monoisotopic (exact) mass is 640 g/mol. The normalized spacial score (nSPS) is 23.6. The number of quaternary nitrogens is 1. The van der Waals surface area contributed by atoms with E-state index in [0.29, 0.717) is 32.0 Å². The molecule has 0 radical (unpaired) electrons. The summed E-state index contributed by atoms with van der Waals surface area (Å²) in [6.45, 7) is 7.91. The van der Waals surface area contributed by atoms with Crippen LogP contribution in [-0.2, 0) is 22.4 Å². The van der Waals surface area contributed by atoms with Gasteiger partial charge in [-0.25, -0.2) is 9.59 Å².